The molecule has 0 atom stereocenters. The quantitative estimate of drug-likeness (QED) is 0.337. The van der Waals surface area contributed by atoms with E-state index in [0.29, 0.717) is 12.3 Å². The first-order valence-corrected chi connectivity index (χ1v) is 10.6. The highest BCUT2D eigenvalue weighted by molar-refractivity contribution is 7.99. The highest BCUT2D eigenvalue weighted by atomic mass is 32.2. The summed E-state index contributed by atoms with van der Waals surface area (Å²) in [5.41, 5.74) is 2.47. The third-order valence-corrected chi connectivity index (χ3v) is 5.92. The van der Waals surface area contributed by atoms with Crippen LogP contribution in [-0.2, 0) is 6.42 Å². The molecule has 32 heavy (non-hydrogen) atoms. The summed E-state index contributed by atoms with van der Waals surface area (Å²) in [7, 11) is 1.64. The van der Waals surface area contributed by atoms with Gasteiger partial charge < -0.3 is 14.5 Å². The zero-order valence-electron chi connectivity index (χ0n) is 17.0. The van der Waals surface area contributed by atoms with Gasteiger partial charge in [-0.1, -0.05) is 35.1 Å². The first-order valence-electron chi connectivity index (χ1n) is 9.80. The molecule has 0 saturated heterocycles. The molecule has 9 heteroatoms. The number of anilines is 2. The number of aromatic nitrogens is 4. The van der Waals surface area contributed by atoms with Crippen LogP contribution in [0.3, 0.4) is 0 Å². The minimum Gasteiger partial charge on any atom is -0.497 e. The van der Waals surface area contributed by atoms with Gasteiger partial charge in [-0.15, -0.1) is 5.10 Å². The Labute approximate surface area is 187 Å². The molecule has 2 N–H and O–H groups in total. The number of rotatable bonds is 7. The van der Waals surface area contributed by atoms with E-state index >= 15 is 0 Å². The van der Waals surface area contributed by atoms with Gasteiger partial charge in [-0.2, -0.15) is 5.10 Å². The van der Waals surface area contributed by atoms with E-state index in [1.54, 1.807) is 31.1 Å². The van der Waals surface area contributed by atoms with Crippen LogP contribution < -0.4 is 10.1 Å². The molecule has 0 bridgehead atoms. The normalized spacial score (nSPS) is 11.1. The van der Waals surface area contributed by atoms with Crippen molar-refractivity contribution >= 4 is 34.4 Å². The molecule has 0 aliphatic rings. The Morgan fingerprint density at radius 2 is 2.00 bits per heavy atom. The topological polar surface area (TPSA) is 88.9 Å². The molecule has 5 rings (SSSR count). The number of hydrogen-bond donors (Lipinski definition) is 2. The van der Waals surface area contributed by atoms with Gasteiger partial charge in [-0.05, 0) is 48.0 Å². The fraction of sp³-hybridized carbons (Fsp3) is 0.0870. The Kier molecular flexibility index (Phi) is 5.47. The second-order valence-electron chi connectivity index (χ2n) is 6.99. The van der Waals surface area contributed by atoms with Crippen LogP contribution in [0.5, 0.6) is 5.75 Å². The molecule has 2 aromatic heterocycles. The van der Waals surface area contributed by atoms with Crippen LogP contribution in [-0.4, -0.2) is 27.5 Å². The number of halogens is 1. The van der Waals surface area contributed by atoms with Crippen molar-refractivity contribution in [3.8, 4) is 5.75 Å². The van der Waals surface area contributed by atoms with Gasteiger partial charge in [0.2, 0.25) is 5.89 Å². The van der Waals surface area contributed by atoms with Crippen LogP contribution in [0.4, 0.5) is 16.1 Å². The molecule has 3 aromatic carbocycles. The van der Waals surface area contributed by atoms with Gasteiger partial charge in [0.1, 0.15) is 11.6 Å². The molecule has 5 aromatic rings. The van der Waals surface area contributed by atoms with E-state index in [0.717, 1.165) is 37.7 Å². The lowest BCUT2D eigenvalue weighted by Crippen LogP contribution is -1.93. The van der Waals surface area contributed by atoms with Gasteiger partial charge in [0, 0.05) is 15.2 Å². The number of fused-ring (bicyclic) bond motifs is 1. The molecule has 0 aliphatic carbocycles. The minimum atomic E-state index is -0.298. The Hall–Kier alpha value is -3.85. The average Bonchev–Trinajstić information content (AvgIpc) is 3.45. The van der Waals surface area contributed by atoms with E-state index in [1.807, 2.05) is 42.5 Å². The van der Waals surface area contributed by atoms with E-state index in [9.17, 15) is 4.39 Å². The van der Waals surface area contributed by atoms with Gasteiger partial charge >= 0.3 is 6.01 Å². The predicted molar refractivity (Wildman–Crippen MR) is 120 cm³/mol. The lowest BCUT2D eigenvalue weighted by Gasteiger charge is -2.11. The molecule has 160 valence electrons. The first-order chi connectivity index (χ1) is 15.7. The molecule has 0 fully saturated rings. The van der Waals surface area contributed by atoms with Crippen LogP contribution in [0.2, 0.25) is 0 Å². The van der Waals surface area contributed by atoms with Crippen LogP contribution in [0, 0.1) is 5.82 Å². The molecule has 0 amide bonds. The third-order valence-electron chi connectivity index (χ3n) is 4.79. The molecular weight excluding hydrogens is 429 g/mol. The second kappa shape index (κ2) is 8.72. The molecule has 0 aliphatic heterocycles. The molecule has 0 unspecified atom stereocenters. The summed E-state index contributed by atoms with van der Waals surface area (Å²) in [6.45, 7) is 0. The number of ether oxygens (including phenoxy) is 1. The van der Waals surface area contributed by atoms with Crippen molar-refractivity contribution in [2.24, 2.45) is 0 Å². The fourth-order valence-electron chi connectivity index (χ4n) is 3.29. The smallest absolute Gasteiger partial charge is 0.320 e. The predicted octanol–water partition coefficient (Wildman–Crippen LogP) is 5.58. The Morgan fingerprint density at radius 1 is 1.09 bits per heavy atom. The molecule has 7 nitrogen and oxygen atoms in total. The minimum absolute atomic E-state index is 0.256. The van der Waals surface area contributed by atoms with Gasteiger partial charge in [0.25, 0.3) is 0 Å². The van der Waals surface area contributed by atoms with Crippen molar-refractivity contribution in [1.29, 1.82) is 0 Å². The highest BCUT2D eigenvalue weighted by Crippen LogP contribution is 2.40. The third kappa shape index (κ3) is 4.28. The lowest BCUT2D eigenvalue weighted by molar-refractivity contribution is 0.413. The van der Waals surface area contributed by atoms with Gasteiger partial charge in [0.05, 0.1) is 30.9 Å². The Balaban J connectivity index is 1.43. The van der Waals surface area contributed by atoms with E-state index < -0.39 is 0 Å². The van der Waals surface area contributed by atoms with Crippen LogP contribution in [0.1, 0.15) is 11.5 Å². The number of H-pyrrole nitrogens is 1. The Bertz CT molecular complexity index is 1380. The zero-order chi connectivity index (χ0) is 21.9. The molecular formula is C23H18FN5O2S. The maximum Gasteiger partial charge on any atom is 0.320 e. The zero-order valence-corrected chi connectivity index (χ0v) is 17.8. The SMILES string of the molecule is COc1cccc(Sc2c(Nc3nnc(Cc4cccc(F)c4)o3)ccc3[nH]ncc23)c1. The first kappa shape index (κ1) is 20.1. The molecule has 0 saturated carbocycles. The summed E-state index contributed by atoms with van der Waals surface area (Å²) in [5, 5.41) is 19.5. The summed E-state index contributed by atoms with van der Waals surface area (Å²) >= 11 is 1.57. The van der Waals surface area contributed by atoms with Gasteiger partial charge in [0.15, 0.2) is 0 Å². The number of benzene rings is 3. The van der Waals surface area contributed by atoms with Crippen molar-refractivity contribution in [3.05, 3.63) is 84.1 Å². The van der Waals surface area contributed by atoms with Crippen molar-refractivity contribution < 1.29 is 13.5 Å². The number of nitrogens with zero attached hydrogens (tertiary/aromatic N) is 3. The monoisotopic (exact) mass is 447 g/mol. The standard InChI is InChI=1S/C23H18FN5O2S/c1-30-16-6-3-7-17(12-16)32-22-18-13-25-27-19(18)8-9-20(22)26-23-29-28-21(31-23)11-14-4-2-5-15(24)10-14/h2-10,12-13H,11H2,1H3,(H,25,27)(H,26,29). The summed E-state index contributed by atoms with van der Waals surface area (Å²) in [4.78, 5) is 1.97. The van der Waals surface area contributed by atoms with Gasteiger partial charge in [-0.25, -0.2) is 4.39 Å². The van der Waals surface area contributed by atoms with Crippen molar-refractivity contribution in [3.63, 3.8) is 0 Å². The summed E-state index contributed by atoms with van der Waals surface area (Å²) in [6, 6.07) is 18.3. The van der Waals surface area contributed by atoms with E-state index in [-0.39, 0.29) is 11.8 Å². The summed E-state index contributed by atoms with van der Waals surface area (Å²) in [5.74, 6) is 0.875. The number of hydrogen-bond acceptors (Lipinski definition) is 7. The van der Waals surface area contributed by atoms with Crippen molar-refractivity contribution in [1.82, 2.24) is 20.4 Å². The van der Waals surface area contributed by atoms with Crippen molar-refractivity contribution in [2.75, 3.05) is 12.4 Å². The number of nitrogens with one attached hydrogen (secondary N) is 2. The Morgan fingerprint density at radius 3 is 2.88 bits per heavy atom. The average molecular weight is 447 g/mol. The summed E-state index contributed by atoms with van der Waals surface area (Å²) in [6.07, 6.45) is 2.13. The fourth-order valence-corrected chi connectivity index (χ4v) is 4.35. The van der Waals surface area contributed by atoms with Crippen LogP contribution in [0.15, 0.2) is 81.1 Å². The van der Waals surface area contributed by atoms with E-state index in [4.69, 9.17) is 9.15 Å². The maximum absolute atomic E-state index is 13.4. The van der Waals surface area contributed by atoms with Crippen LogP contribution in [0.25, 0.3) is 10.9 Å². The number of methoxy groups -OCH3 is 1. The molecule has 0 spiro atoms. The molecule has 0 radical (unpaired) electrons. The van der Waals surface area contributed by atoms with Crippen molar-refractivity contribution in [2.45, 2.75) is 16.2 Å². The van der Waals surface area contributed by atoms with Crippen LogP contribution >= 0.6 is 11.8 Å². The van der Waals surface area contributed by atoms with E-state index in [1.165, 1.54) is 12.1 Å². The highest BCUT2D eigenvalue weighted by Gasteiger charge is 2.15. The number of aromatic amines is 1. The molecule has 2 heterocycles. The largest absolute Gasteiger partial charge is 0.497 e. The second-order valence-corrected chi connectivity index (χ2v) is 8.07. The van der Waals surface area contributed by atoms with E-state index in [2.05, 4.69) is 25.7 Å². The summed E-state index contributed by atoms with van der Waals surface area (Å²) < 4.78 is 24.5. The van der Waals surface area contributed by atoms with Gasteiger partial charge in [-0.3, -0.25) is 5.10 Å². The lowest BCUT2D eigenvalue weighted by atomic mass is 10.1. The maximum atomic E-state index is 13.4.